The highest BCUT2D eigenvalue weighted by Gasteiger charge is 2.29. The summed E-state index contributed by atoms with van der Waals surface area (Å²) in [5.74, 6) is 2.13. The van der Waals surface area contributed by atoms with E-state index >= 15 is 0 Å². The lowest BCUT2D eigenvalue weighted by Crippen LogP contribution is -2.44. The lowest BCUT2D eigenvalue weighted by molar-refractivity contribution is -0.139. The number of carbonyl (C=O) groups is 4. The molecule has 300 valence electrons. The second-order valence-electron chi connectivity index (χ2n) is 15.6. The highest BCUT2D eigenvalue weighted by atomic mass is 16.5. The topological polar surface area (TPSA) is 145 Å². The van der Waals surface area contributed by atoms with E-state index in [1.54, 1.807) is 48.7 Å². The molecule has 2 atom stereocenters. The molecule has 4 rings (SSSR count). The summed E-state index contributed by atoms with van der Waals surface area (Å²) < 4.78 is 10.1. The van der Waals surface area contributed by atoms with E-state index < -0.39 is 12.1 Å². The fourth-order valence-electron chi connectivity index (χ4n) is 7.25. The Bertz CT molecular complexity index is 1750. The summed E-state index contributed by atoms with van der Waals surface area (Å²) in [6.45, 7) is 14.0. The van der Waals surface area contributed by atoms with Crippen molar-refractivity contribution in [3.63, 3.8) is 0 Å². The third kappa shape index (κ3) is 12.2. The molecule has 0 aromatic carbocycles. The number of Topliss-reactive ketones (excluding diaryl/α,β-unsaturated/α-hetero) is 2. The summed E-state index contributed by atoms with van der Waals surface area (Å²) in [6, 6.07) is 2.86. The number of hydrogen-bond donors (Lipinski definition) is 0. The van der Waals surface area contributed by atoms with E-state index in [1.807, 2.05) is 53.7 Å². The molecule has 0 bridgehead atoms. The highest BCUT2D eigenvalue weighted by Crippen LogP contribution is 2.20. The smallest absolute Gasteiger partial charge is 0.222 e. The van der Waals surface area contributed by atoms with E-state index in [2.05, 4.69) is 29.1 Å². The predicted molar refractivity (Wildman–Crippen MR) is 214 cm³/mol. The molecular weight excluding hydrogens is 697 g/mol. The van der Waals surface area contributed by atoms with Crippen LogP contribution in [0.1, 0.15) is 104 Å². The zero-order chi connectivity index (χ0) is 40.1. The van der Waals surface area contributed by atoms with E-state index in [0.29, 0.717) is 38.5 Å². The first-order valence-electron chi connectivity index (χ1n) is 20.0. The van der Waals surface area contributed by atoms with E-state index in [-0.39, 0.29) is 61.3 Å². The fourth-order valence-corrected chi connectivity index (χ4v) is 7.25. The van der Waals surface area contributed by atoms with Crippen molar-refractivity contribution in [2.75, 3.05) is 27.3 Å². The fraction of sp³-hybridized carbons (Fsp3) is 0.619. The molecule has 0 aliphatic carbocycles. The molecule has 0 spiro atoms. The maximum Gasteiger partial charge on any atom is 0.222 e. The Hall–Kier alpha value is -4.52. The Labute approximate surface area is 326 Å². The van der Waals surface area contributed by atoms with Gasteiger partial charge in [0.05, 0.1) is 48.7 Å². The number of pyridine rings is 2. The molecule has 0 fully saturated rings. The minimum absolute atomic E-state index is 0.0404. The lowest BCUT2D eigenvalue weighted by Gasteiger charge is -2.29. The van der Waals surface area contributed by atoms with Gasteiger partial charge in [0, 0.05) is 65.3 Å². The van der Waals surface area contributed by atoms with Crippen molar-refractivity contribution >= 4 is 45.4 Å². The average molecular weight is 759 g/mol. The summed E-state index contributed by atoms with van der Waals surface area (Å²) in [6.07, 6.45) is 12.2. The summed E-state index contributed by atoms with van der Waals surface area (Å²) in [5.41, 5.74) is 3.80. The molecule has 0 aliphatic heterocycles. The number of amides is 2. The maximum absolute atomic E-state index is 13.4. The number of hydrogen-bond acceptors (Lipinski definition) is 9. The van der Waals surface area contributed by atoms with Gasteiger partial charge in [0.15, 0.2) is 11.6 Å². The Morgan fingerprint density at radius 1 is 0.636 bits per heavy atom. The van der Waals surface area contributed by atoms with Crippen LogP contribution in [0.15, 0.2) is 36.9 Å². The Balaban J connectivity index is 1.18. The van der Waals surface area contributed by atoms with Crippen molar-refractivity contribution in [3.8, 4) is 0 Å². The normalized spacial score (nSPS) is 12.8. The van der Waals surface area contributed by atoms with Crippen LogP contribution in [0, 0.1) is 25.7 Å². The van der Waals surface area contributed by atoms with Crippen LogP contribution in [0.4, 0.5) is 0 Å². The number of aromatic nitrogens is 6. The second kappa shape index (κ2) is 21.0. The number of ketones is 2. The number of rotatable bonds is 24. The molecule has 0 unspecified atom stereocenters. The van der Waals surface area contributed by atoms with E-state index in [0.717, 1.165) is 59.6 Å². The monoisotopic (exact) mass is 758 g/mol. The van der Waals surface area contributed by atoms with Crippen LogP contribution in [-0.2, 0) is 37.0 Å². The van der Waals surface area contributed by atoms with Gasteiger partial charge in [-0.05, 0) is 76.3 Å². The number of nitrogens with zero attached hydrogens (tertiary/aromatic N) is 8. The van der Waals surface area contributed by atoms with E-state index in [9.17, 15) is 19.2 Å². The number of unbranched alkanes of at least 4 members (excludes halogenated alkanes) is 2. The lowest BCUT2D eigenvalue weighted by atomic mass is 9.97. The molecule has 4 heterocycles. The number of carbonyl (C=O) groups excluding carboxylic acids is 4. The standard InChI is InChI=1S/C42H62N8O5/c1-29(2)25-37(47(7)41(53)13-9-11-21-49-31(5)45-33-27-43-19-15-35(33)49)39(51)17-23-55-24-18-40(52)38(26-30(3)4)48(8)42(54)14-10-12-22-50-32(6)46-34-28-44-20-16-36(34)50/h15-16,19-20,27-30,37-38H,9-14,17-18,21-26H2,1-8H3/t37-,38-/m0/s1. The van der Waals surface area contributed by atoms with E-state index in [1.165, 1.54) is 0 Å². The molecule has 0 radical (unpaired) electrons. The van der Waals surface area contributed by atoms with Gasteiger partial charge in [0.25, 0.3) is 0 Å². The van der Waals surface area contributed by atoms with Gasteiger partial charge in [-0.15, -0.1) is 0 Å². The molecular formula is C42H62N8O5. The molecule has 0 N–H and O–H groups in total. The van der Waals surface area contributed by atoms with Gasteiger partial charge in [-0.25, -0.2) is 9.97 Å². The Morgan fingerprint density at radius 3 is 1.42 bits per heavy atom. The van der Waals surface area contributed by atoms with Crippen molar-refractivity contribution in [2.45, 2.75) is 131 Å². The van der Waals surface area contributed by atoms with Gasteiger partial charge in [0.2, 0.25) is 11.8 Å². The predicted octanol–water partition coefficient (Wildman–Crippen LogP) is 6.51. The molecule has 13 nitrogen and oxygen atoms in total. The number of imidazole rings is 2. The second-order valence-corrected chi connectivity index (χ2v) is 15.6. The molecule has 4 aromatic heterocycles. The quantitative estimate of drug-likeness (QED) is 0.0730. The third-order valence-electron chi connectivity index (χ3n) is 10.4. The Kier molecular flexibility index (Phi) is 16.5. The first-order valence-corrected chi connectivity index (χ1v) is 20.0. The van der Waals surface area contributed by atoms with Gasteiger partial charge < -0.3 is 23.7 Å². The van der Waals surface area contributed by atoms with E-state index in [4.69, 9.17) is 4.74 Å². The average Bonchev–Trinajstić information content (AvgIpc) is 3.65. The molecule has 4 aromatic rings. The summed E-state index contributed by atoms with van der Waals surface area (Å²) in [4.78, 5) is 73.9. The first-order chi connectivity index (χ1) is 26.3. The molecule has 55 heavy (non-hydrogen) atoms. The number of likely N-dealkylation sites (N-methyl/N-ethyl adjacent to an activating group) is 2. The van der Waals surface area contributed by atoms with Crippen molar-refractivity contribution in [1.29, 1.82) is 0 Å². The zero-order valence-electron chi connectivity index (χ0n) is 34.3. The van der Waals surface area contributed by atoms with Crippen molar-refractivity contribution in [2.24, 2.45) is 11.8 Å². The third-order valence-corrected chi connectivity index (χ3v) is 10.4. The molecule has 0 saturated heterocycles. The van der Waals surface area contributed by atoms with Crippen LogP contribution in [0.5, 0.6) is 0 Å². The number of fused-ring (bicyclic) bond motifs is 2. The highest BCUT2D eigenvalue weighted by molar-refractivity contribution is 5.90. The summed E-state index contributed by atoms with van der Waals surface area (Å²) >= 11 is 0. The van der Waals surface area contributed by atoms with Crippen molar-refractivity contribution in [1.82, 2.24) is 38.9 Å². The molecule has 0 saturated carbocycles. The van der Waals surface area contributed by atoms with Gasteiger partial charge >= 0.3 is 0 Å². The number of aryl methyl sites for hydroxylation is 4. The summed E-state index contributed by atoms with van der Waals surface area (Å²) in [7, 11) is 3.45. The zero-order valence-corrected chi connectivity index (χ0v) is 34.3. The van der Waals surface area contributed by atoms with Gasteiger partial charge in [-0.2, -0.15) is 0 Å². The summed E-state index contributed by atoms with van der Waals surface area (Å²) in [5, 5.41) is 0. The SMILES string of the molecule is Cc1nc2cnccc2n1CCCCC(=O)N(C)[C@@H](CC(C)C)C(=O)CCOCCC(=O)[C@H](CC(C)C)N(C)C(=O)CCCCn1c(C)nc2cnccc21. The minimum Gasteiger partial charge on any atom is -0.381 e. The maximum atomic E-state index is 13.4. The molecule has 13 heteroatoms. The van der Waals surface area contributed by atoms with Gasteiger partial charge in [-0.3, -0.25) is 29.1 Å². The van der Waals surface area contributed by atoms with Crippen LogP contribution in [0.2, 0.25) is 0 Å². The van der Waals surface area contributed by atoms with Crippen molar-refractivity contribution in [3.05, 3.63) is 48.6 Å². The van der Waals surface area contributed by atoms with Crippen LogP contribution >= 0.6 is 0 Å². The first kappa shape index (κ1) is 43.2. The van der Waals surface area contributed by atoms with Crippen molar-refractivity contribution < 1.29 is 23.9 Å². The van der Waals surface area contributed by atoms with Crippen LogP contribution in [0.25, 0.3) is 22.1 Å². The molecule has 2 amide bonds. The number of ether oxygens (including phenoxy) is 1. The van der Waals surface area contributed by atoms with Crippen LogP contribution in [-0.4, -0.2) is 102 Å². The minimum atomic E-state index is -0.527. The molecule has 0 aliphatic rings. The van der Waals surface area contributed by atoms with Gasteiger partial charge in [0.1, 0.15) is 22.7 Å². The van der Waals surface area contributed by atoms with Gasteiger partial charge in [-0.1, -0.05) is 27.7 Å². The largest absolute Gasteiger partial charge is 0.381 e. The van der Waals surface area contributed by atoms with Crippen LogP contribution in [0.3, 0.4) is 0 Å². The Morgan fingerprint density at radius 2 is 1.04 bits per heavy atom. The van der Waals surface area contributed by atoms with Crippen LogP contribution < -0.4 is 0 Å².